The summed E-state index contributed by atoms with van der Waals surface area (Å²) in [5.41, 5.74) is 2.60. The van der Waals surface area contributed by atoms with E-state index in [0.29, 0.717) is 18.6 Å². The Bertz CT molecular complexity index is 317. The fourth-order valence-electron chi connectivity index (χ4n) is 1.99. The minimum atomic E-state index is -0.293. The number of amides is 1. The molecule has 0 aliphatic rings. The molecule has 0 saturated carbocycles. The topological polar surface area (TPSA) is 81.4 Å². The van der Waals surface area contributed by atoms with Gasteiger partial charge in [0, 0.05) is 12.0 Å². The van der Waals surface area contributed by atoms with Gasteiger partial charge in [-0.3, -0.25) is 10.2 Å². The van der Waals surface area contributed by atoms with Gasteiger partial charge >= 0.3 is 5.97 Å². The van der Waals surface area contributed by atoms with Gasteiger partial charge in [-0.25, -0.2) is 10.6 Å². The lowest BCUT2D eigenvalue weighted by Crippen LogP contribution is -2.29. The van der Waals surface area contributed by atoms with Crippen molar-refractivity contribution in [2.24, 2.45) is 5.84 Å². The summed E-state index contributed by atoms with van der Waals surface area (Å²) >= 11 is 0. The molecule has 1 amide bonds. The van der Waals surface area contributed by atoms with Gasteiger partial charge in [0.2, 0.25) is 5.91 Å². The first-order valence-electron chi connectivity index (χ1n) is 7.90. The molecular weight excluding hydrogens is 268 g/mol. The van der Waals surface area contributed by atoms with Gasteiger partial charge in [0.1, 0.15) is 0 Å². The number of nitrogens with two attached hydrogens (primary N) is 1. The molecule has 5 nitrogen and oxygen atoms in total. The van der Waals surface area contributed by atoms with Crippen LogP contribution in [0.5, 0.6) is 0 Å². The molecule has 0 saturated heterocycles. The molecule has 0 bridgehead atoms. The van der Waals surface area contributed by atoms with Gasteiger partial charge in [-0.2, -0.15) is 0 Å². The Morgan fingerprint density at radius 1 is 0.952 bits per heavy atom. The molecular formula is C16H30N2O3. The first-order valence-corrected chi connectivity index (χ1v) is 7.90. The summed E-state index contributed by atoms with van der Waals surface area (Å²) in [6.07, 6.45) is 10.6. The highest BCUT2D eigenvalue weighted by atomic mass is 16.5. The molecule has 0 aromatic heterocycles. The van der Waals surface area contributed by atoms with Crippen LogP contribution in [-0.2, 0) is 14.3 Å². The van der Waals surface area contributed by atoms with Crippen LogP contribution in [0, 0.1) is 0 Å². The minimum Gasteiger partial charge on any atom is -0.462 e. The molecule has 0 heterocycles. The Kier molecular flexibility index (Phi) is 12.7. The normalized spacial score (nSPS) is 10.2. The largest absolute Gasteiger partial charge is 0.462 e. The van der Waals surface area contributed by atoms with Gasteiger partial charge in [0.25, 0.3) is 0 Å². The fraction of sp³-hybridized carbons (Fsp3) is 0.750. The highest BCUT2D eigenvalue weighted by Crippen LogP contribution is 2.10. The molecule has 0 unspecified atom stereocenters. The number of carbonyl (C=O) groups is 2. The van der Waals surface area contributed by atoms with Crippen LogP contribution in [-0.4, -0.2) is 18.5 Å². The first-order chi connectivity index (χ1) is 10.1. The van der Waals surface area contributed by atoms with Crippen LogP contribution < -0.4 is 11.3 Å². The monoisotopic (exact) mass is 298 g/mol. The van der Waals surface area contributed by atoms with Gasteiger partial charge < -0.3 is 4.74 Å². The summed E-state index contributed by atoms with van der Waals surface area (Å²) in [4.78, 5) is 22.0. The van der Waals surface area contributed by atoms with Gasteiger partial charge in [-0.1, -0.05) is 51.5 Å². The minimum absolute atomic E-state index is 0.0812. The number of ether oxygens (including phenoxy) is 1. The van der Waals surface area contributed by atoms with Crippen molar-refractivity contribution in [2.75, 3.05) is 6.61 Å². The van der Waals surface area contributed by atoms with Crippen molar-refractivity contribution in [1.82, 2.24) is 5.43 Å². The highest BCUT2D eigenvalue weighted by Gasteiger charge is 2.01. The van der Waals surface area contributed by atoms with Gasteiger partial charge in [0.15, 0.2) is 0 Å². The second kappa shape index (κ2) is 13.6. The molecule has 0 aromatic carbocycles. The van der Waals surface area contributed by atoms with Crippen molar-refractivity contribution in [2.45, 2.75) is 71.1 Å². The zero-order chi connectivity index (χ0) is 15.9. The maximum Gasteiger partial charge on any atom is 0.333 e. The van der Waals surface area contributed by atoms with Crippen molar-refractivity contribution in [3.8, 4) is 0 Å². The van der Waals surface area contributed by atoms with Crippen LogP contribution >= 0.6 is 0 Å². The molecule has 0 aromatic rings. The predicted molar refractivity (Wildman–Crippen MR) is 84.3 cm³/mol. The maximum atomic E-state index is 11.1. The van der Waals surface area contributed by atoms with E-state index in [-0.39, 0.29) is 11.9 Å². The van der Waals surface area contributed by atoms with Crippen LogP contribution in [0.2, 0.25) is 0 Å². The zero-order valence-corrected chi connectivity index (χ0v) is 13.3. The Balaban J connectivity index is 3.14. The Hall–Kier alpha value is -1.36. The van der Waals surface area contributed by atoms with E-state index in [1.54, 1.807) is 6.92 Å². The first kappa shape index (κ1) is 19.6. The van der Waals surface area contributed by atoms with Gasteiger partial charge in [-0.05, 0) is 19.8 Å². The molecule has 0 aliphatic heterocycles. The molecule has 122 valence electrons. The summed E-state index contributed by atoms with van der Waals surface area (Å²) < 4.78 is 5.02. The smallest absolute Gasteiger partial charge is 0.333 e. The van der Waals surface area contributed by atoms with Crippen LogP contribution in [0.4, 0.5) is 0 Å². The van der Waals surface area contributed by atoms with E-state index in [1.165, 1.54) is 32.1 Å². The number of hydrogen-bond donors (Lipinski definition) is 2. The Labute approximate surface area is 128 Å². The third-order valence-electron chi connectivity index (χ3n) is 3.29. The van der Waals surface area contributed by atoms with Crippen molar-refractivity contribution in [3.05, 3.63) is 12.2 Å². The van der Waals surface area contributed by atoms with Crippen molar-refractivity contribution in [1.29, 1.82) is 0 Å². The molecule has 0 atom stereocenters. The molecule has 0 spiro atoms. The van der Waals surface area contributed by atoms with E-state index < -0.39 is 0 Å². The molecule has 0 fully saturated rings. The van der Waals surface area contributed by atoms with Crippen molar-refractivity contribution >= 4 is 11.9 Å². The van der Waals surface area contributed by atoms with Crippen LogP contribution in [0.3, 0.4) is 0 Å². The van der Waals surface area contributed by atoms with Crippen LogP contribution in [0.25, 0.3) is 0 Å². The number of carbonyl (C=O) groups excluding carboxylic acids is 2. The SMILES string of the molecule is C=C(C)C(=O)OCCCCCCCCCCCC(=O)NN. The number of nitrogens with one attached hydrogen (secondary N) is 1. The third-order valence-corrected chi connectivity index (χ3v) is 3.29. The summed E-state index contributed by atoms with van der Waals surface area (Å²) in [6.45, 7) is 5.69. The maximum absolute atomic E-state index is 11.1. The lowest BCUT2D eigenvalue weighted by Gasteiger charge is -2.04. The van der Waals surface area contributed by atoms with E-state index in [1.807, 2.05) is 0 Å². The lowest BCUT2D eigenvalue weighted by molar-refractivity contribution is -0.139. The van der Waals surface area contributed by atoms with E-state index in [4.69, 9.17) is 10.6 Å². The van der Waals surface area contributed by atoms with E-state index in [9.17, 15) is 9.59 Å². The molecule has 0 rings (SSSR count). The summed E-state index contributed by atoms with van der Waals surface area (Å²) in [6, 6.07) is 0. The molecule has 0 radical (unpaired) electrons. The standard InChI is InChI=1S/C16H30N2O3/c1-14(2)16(20)21-13-11-9-7-5-3-4-6-8-10-12-15(19)18-17/h1,3-13,17H2,2H3,(H,18,19). The van der Waals surface area contributed by atoms with Gasteiger partial charge in [-0.15, -0.1) is 0 Å². The predicted octanol–water partition coefficient (Wildman–Crippen LogP) is 3.00. The molecule has 3 N–H and O–H groups in total. The quantitative estimate of drug-likeness (QED) is 0.137. The Morgan fingerprint density at radius 2 is 1.43 bits per heavy atom. The third kappa shape index (κ3) is 13.4. The molecule has 0 aliphatic carbocycles. The number of esters is 1. The fourth-order valence-corrected chi connectivity index (χ4v) is 1.99. The lowest BCUT2D eigenvalue weighted by atomic mass is 10.1. The summed E-state index contributed by atoms with van der Waals surface area (Å²) in [5, 5.41) is 0. The highest BCUT2D eigenvalue weighted by molar-refractivity contribution is 5.86. The second-order valence-electron chi connectivity index (χ2n) is 5.42. The van der Waals surface area contributed by atoms with E-state index in [0.717, 1.165) is 25.7 Å². The number of hydrogen-bond acceptors (Lipinski definition) is 4. The molecule has 21 heavy (non-hydrogen) atoms. The van der Waals surface area contributed by atoms with Gasteiger partial charge in [0.05, 0.1) is 6.61 Å². The zero-order valence-electron chi connectivity index (χ0n) is 13.3. The van der Waals surface area contributed by atoms with Crippen LogP contribution in [0.15, 0.2) is 12.2 Å². The average molecular weight is 298 g/mol. The van der Waals surface area contributed by atoms with E-state index in [2.05, 4.69) is 12.0 Å². The molecule has 5 heteroatoms. The summed E-state index contributed by atoms with van der Waals surface area (Å²) in [5.74, 6) is 4.63. The van der Waals surface area contributed by atoms with E-state index >= 15 is 0 Å². The van der Waals surface area contributed by atoms with Crippen molar-refractivity contribution in [3.63, 3.8) is 0 Å². The summed E-state index contributed by atoms with van der Waals surface area (Å²) in [7, 11) is 0. The van der Waals surface area contributed by atoms with Crippen LogP contribution in [0.1, 0.15) is 71.1 Å². The number of hydrazine groups is 1. The second-order valence-corrected chi connectivity index (χ2v) is 5.42. The number of rotatable bonds is 13. The van der Waals surface area contributed by atoms with Crippen molar-refractivity contribution < 1.29 is 14.3 Å². The Morgan fingerprint density at radius 3 is 1.90 bits per heavy atom. The number of unbranched alkanes of at least 4 members (excludes halogenated alkanes) is 8. The average Bonchev–Trinajstić information content (AvgIpc) is 2.47.